The molecule has 150 valence electrons. The maximum absolute atomic E-state index is 12.6. The fraction of sp³-hybridized carbons (Fsp3) is 0.524. The Morgan fingerprint density at radius 1 is 1.04 bits per heavy atom. The zero-order valence-corrected chi connectivity index (χ0v) is 16.4. The summed E-state index contributed by atoms with van der Waals surface area (Å²) in [5, 5.41) is 3.08. The summed E-state index contributed by atoms with van der Waals surface area (Å²) in [4.78, 5) is 52.3. The van der Waals surface area contributed by atoms with Crippen LogP contribution in [0.25, 0.3) is 0 Å². The van der Waals surface area contributed by atoms with Crippen molar-refractivity contribution in [1.29, 1.82) is 0 Å². The van der Waals surface area contributed by atoms with Gasteiger partial charge in [-0.15, -0.1) is 0 Å². The molecule has 0 aliphatic carbocycles. The molecular formula is C21H27N3O4. The van der Waals surface area contributed by atoms with E-state index in [-0.39, 0.29) is 30.3 Å². The summed E-state index contributed by atoms with van der Waals surface area (Å²) in [5.74, 6) is -0.948. The van der Waals surface area contributed by atoms with Gasteiger partial charge < -0.3 is 10.2 Å². The lowest BCUT2D eigenvalue weighted by atomic mass is 9.99. The highest BCUT2D eigenvalue weighted by molar-refractivity contribution is 6.22. The Morgan fingerprint density at radius 3 is 2.07 bits per heavy atom. The third-order valence-corrected chi connectivity index (χ3v) is 5.72. The molecule has 1 aromatic carbocycles. The van der Waals surface area contributed by atoms with E-state index in [1.54, 1.807) is 29.2 Å². The predicted molar refractivity (Wildman–Crippen MR) is 104 cm³/mol. The summed E-state index contributed by atoms with van der Waals surface area (Å²) in [6.45, 7) is 4.80. The summed E-state index contributed by atoms with van der Waals surface area (Å²) < 4.78 is 0. The van der Waals surface area contributed by atoms with Crippen molar-refractivity contribution in [2.45, 2.75) is 45.6 Å². The lowest BCUT2D eigenvalue weighted by Gasteiger charge is -2.33. The number of benzene rings is 1. The number of likely N-dealkylation sites (tertiary alicyclic amines) is 1. The Labute approximate surface area is 165 Å². The van der Waals surface area contributed by atoms with Gasteiger partial charge in [0.1, 0.15) is 6.54 Å². The summed E-state index contributed by atoms with van der Waals surface area (Å²) in [6.07, 6.45) is 3.00. The van der Waals surface area contributed by atoms with E-state index < -0.39 is 11.8 Å². The average molecular weight is 385 g/mol. The van der Waals surface area contributed by atoms with Crippen molar-refractivity contribution in [3.63, 3.8) is 0 Å². The SMILES string of the molecule is CCC(CC)C(=O)NC1CCN(C(=O)CN2C(=O)c3ccccc3C2=O)CC1. The molecule has 2 heterocycles. The van der Waals surface area contributed by atoms with E-state index in [2.05, 4.69) is 5.32 Å². The molecular weight excluding hydrogens is 358 g/mol. The number of carbonyl (C=O) groups is 4. The van der Waals surface area contributed by atoms with E-state index >= 15 is 0 Å². The van der Waals surface area contributed by atoms with E-state index in [0.29, 0.717) is 37.1 Å². The van der Waals surface area contributed by atoms with Crippen LogP contribution >= 0.6 is 0 Å². The van der Waals surface area contributed by atoms with Crippen molar-refractivity contribution in [2.75, 3.05) is 19.6 Å². The van der Waals surface area contributed by atoms with Gasteiger partial charge in [-0.2, -0.15) is 0 Å². The first-order valence-corrected chi connectivity index (χ1v) is 9.99. The number of piperidine rings is 1. The summed E-state index contributed by atoms with van der Waals surface area (Å²) in [6, 6.07) is 6.69. The zero-order valence-electron chi connectivity index (χ0n) is 16.4. The number of carbonyl (C=O) groups excluding carboxylic acids is 4. The highest BCUT2D eigenvalue weighted by Crippen LogP contribution is 2.22. The summed E-state index contributed by atoms with van der Waals surface area (Å²) in [7, 11) is 0. The van der Waals surface area contributed by atoms with E-state index in [1.807, 2.05) is 13.8 Å². The molecule has 1 saturated heterocycles. The van der Waals surface area contributed by atoms with Crippen LogP contribution in [-0.4, -0.2) is 59.1 Å². The topological polar surface area (TPSA) is 86.8 Å². The Hall–Kier alpha value is -2.70. The van der Waals surface area contributed by atoms with Gasteiger partial charge in [0.15, 0.2) is 0 Å². The standard InChI is InChI=1S/C21H27N3O4/c1-3-14(4-2)19(26)22-15-9-11-23(12-10-15)18(25)13-24-20(27)16-7-5-6-8-17(16)21(24)28/h5-8,14-15H,3-4,9-13H2,1-2H3,(H,22,26). The molecule has 3 rings (SSSR count). The molecule has 1 N–H and O–H groups in total. The van der Waals surface area contributed by atoms with Crippen molar-refractivity contribution < 1.29 is 19.2 Å². The molecule has 0 radical (unpaired) electrons. The lowest BCUT2D eigenvalue weighted by molar-refractivity contribution is -0.132. The number of nitrogens with zero attached hydrogens (tertiary/aromatic N) is 2. The van der Waals surface area contributed by atoms with Crippen LogP contribution in [0.1, 0.15) is 60.2 Å². The first-order valence-electron chi connectivity index (χ1n) is 9.99. The second kappa shape index (κ2) is 8.54. The summed E-state index contributed by atoms with van der Waals surface area (Å²) in [5.41, 5.74) is 0.700. The van der Waals surface area contributed by atoms with Gasteiger partial charge in [-0.3, -0.25) is 24.1 Å². The molecule has 0 aromatic heterocycles. The van der Waals surface area contributed by atoms with Gasteiger partial charge in [0.25, 0.3) is 11.8 Å². The molecule has 1 fully saturated rings. The molecule has 0 saturated carbocycles. The molecule has 0 unspecified atom stereocenters. The minimum atomic E-state index is -0.415. The molecule has 2 aliphatic heterocycles. The van der Waals surface area contributed by atoms with Crippen molar-refractivity contribution in [3.8, 4) is 0 Å². The number of hydrogen-bond donors (Lipinski definition) is 1. The number of hydrogen-bond acceptors (Lipinski definition) is 4. The van der Waals surface area contributed by atoms with Crippen LogP contribution in [0.2, 0.25) is 0 Å². The first kappa shape index (κ1) is 20.0. The quantitative estimate of drug-likeness (QED) is 0.757. The smallest absolute Gasteiger partial charge is 0.262 e. The van der Waals surface area contributed by atoms with Gasteiger partial charge in [-0.1, -0.05) is 26.0 Å². The average Bonchev–Trinajstić information content (AvgIpc) is 2.94. The second-order valence-electron chi connectivity index (χ2n) is 7.42. The first-order chi connectivity index (χ1) is 13.5. The zero-order chi connectivity index (χ0) is 20.3. The molecule has 7 nitrogen and oxygen atoms in total. The normalized spacial score (nSPS) is 17.2. The van der Waals surface area contributed by atoms with Gasteiger partial charge in [0.05, 0.1) is 11.1 Å². The van der Waals surface area contributed by atoms with E-state index in [4.69, 9.17) is 0 Å². The highest BCUT2D eigenvalue weighted by atomic mass is 16.2. The summed E-state index contributed by atoms with van der Waals surface area (Å²) >= 11 is 0. The van der Waals surface area contributed by atoms with Gasteiger partial charge in [-0.25, -0.2) is 0 Å². The maximum Gasteiger partial charge on any atom is 0.262 e. The molecule has 4 amide bonds. The fourth-order valence-electron chi connectivity index (χ4n) is 3.87. The largest absolute Gasteiger partial charge is 0.353 e. The minimum Gasteiger partial charge on any atom is -0.353 e. The lowest BCUT2D eigenvalue weighted by Crippen LogP contribution is -2.50. The molecule has 1 aromatic rings. The van der Waals surface area contributed by atoms with E-state index in [0.717, 1.165) is 17.7 Å². The van der Waals surface area contributed by atoms with Gasteiger partial charge in [0, 0.05) is 25.0 Å². The van der Waals surface area contributed by atoms with Crippen LogP contribution in [0.4, 0.5) is 0 Å². The van der Waals surface area contributed by atoms with Crippen molar-refractivity contribution in [3.05, 3.63) is 35.4 Å². The Bertz CT molecular complexity index is 745. The van der Waals surface area contributed by atoms with Gasteiger partial charge in [-0.05, 0) is 37.8 Å². The van der Waals surface area contributed by atoms with Crippen LogP contribution in [0.15, 0.2) is 24.3 Å². The Balaban J connectivity index is 1.52. The highest BCUT2D eigenvalue weighted by Gasteiger charge is 2.37. The third-order valence-electron chi connectivity index (χ3n) is 5.72. The molecule has 2 aliphatic rings. The molecule has 7 heteroatoms. The van der Waals surface area contributed by atoms with E-state index in [1.165, 1.54) is 0 Å². The molecule has 0 atom stereocenters. The van der Waals surface area contributed by atoms with Crippen LogP contribution in [0.5, 0.6) is 0 Å². The van der Waals surface area contributed by atoms with Crippen LogP contribution in [-0.2, 0) is 9.59 Å². The van der Waals surface area contributed by atoms with Gasteiger partial charge >= 0.3 is 0 Å². The van der Waals surface area contributed by atoms with Gasteiger partial charge in [0.2, 0.25) is 11.8 Å². The van der Waals surface area contributed by atoms with Crippen LogP contribution < -0.4 is 5.32 Å². The fourth-order valence-corrected chi connectivity index (χ4v) is 3.87. The van der Waals surface area contributed by atoms with Crippen molar-refractivity contribution >= 4 is 23.6 Å². The number of fused-ring (bicyclic) bond motifs is 1. The van der Waals surface area contributed by atoms with Crippen LogP contribution in [0, 0.1) is 5.92 Å². The predicted octanol–water partition coefficient (Wildman–Crippen LogP) is 1.83. The maximum atomic E-state index is 12.6. The number of nitrogens with one attached hydrogen (secondary N) is 1. The Kier molecular flexibility index (Phi) is 6.11. The molecule has 0 bridgehead atoms. The minimum absolute atomic E-state index is 0.0356. The molecule has 0 spiro atoms. The monoisotopic (exact) mass is 385 g/mol. The van der Waals surface area contributed by atoms with Crippen molar-refractivity contribution in [1.82, 2.24) is 15.1 Å². The second-order valence-corrected chi connectivity index (χ2v) is 7.42. The van der Waals surface area contributed by atoms with Crippen molar-refractivity contribution in [2.24, 2.45) is 5.92 Å². The Morgan fingerprint density at radius 2 is 1.57 bits per heavy atom. The molecule has 28 heavy (non-hydrogen) atoms. The number of amides is 4. The number of imide groups is 1. The third kappa shape index (κ3) is 3.93. The van der Waals surface area contributed by atoms with E-state index in [9.17, 15) is 19.2 Å². The number of rotatable bonds is 6. The van der Waals surface area contributed by atoms with Crippen LogP contribution in [0.3, 0.4) is 0 Å².